The van der Waals surface area contributed by atoms with Gasteiger partial charge in [-0.3, -0.25) is 0 Å². The Morgan fingerprint density at radius 2 is 2.12 bits per heavy atom. The van der Waals surface area contributed by atoms with Crippen LogP contribution in [0.4, 0.5) is 5.69 Å². The summed E-state index contributed by atoms with van der Waals surface area (Å²) in [7, 11) is -3.59. The first-order valence-corrected chi connectivity index (χ1v) is 7.32. The quantitative estimate of drug-likeness (QED) is 0.793. The van der Waals surface area contributed by atoms with Gasteiger partial charge in [0.05, 0.1) is 11.5 Å². The third-order valence-electron chi connectivity index (χ3n) is 2.28. The molecule has 0 heterocycles. The summed E-state index contributed by atoms with van der Waals surface area (Å²) < 4.78 is 26.1. The fraction of sp³-hybridized carbons (Fsp3) is 0.400. The Bertz CT molecular complexity index is 490. The van der Waals surface area contributed by atoms with Gasteiger partial charge in [-0.15, -0.1) is 0 Å². The van der Waals surface area contributed by atoms with Crippen molar-refractivity contribution in [2.45, 2.75) is 11.8 Å². The van der Waals surface area contributed by atoms with Crippen molar-refractivity contribution in [2.24, 2.45) is 0 Å². The number of anilines is 1. The van der Waals surface area contributed by atoms with Gasteiger partial charge in [-0.2, -0.15) is 4.31 Å². The van der Waals surface area contributed by atoms with Crippen molar-refractivity contribution in [1.29, 1.82) is 0 Å². The Morgan fingerprint density at radius 1 is 1.47 bits per heavy atom. The minimum absolute atomic E-state index is 0.0790. The molecule has 7 heteroatoms. The van der Waals surface area contributed by atoms with Gasteiger partial charge in [-0.05, 0) is 34.1 Å². The van der Waals surface area contributed by atoms with Crippen molar-refractivity contribution < 1.29 is 13.5 Å². The summed E-state index contributed by atoms with van der Waals surface area (Å²) in [6.07, 6.45) is 0. The van der Waals surface area contributed by atoms with Crippen molar-refractivity contribution in [3.63, 3.8) is 0 Å². The zero-order chi connectivity index (χ0) is 13.1. The Balaban J connectivity index is 3.20. The number of benzene rings is 1. The summed E-state index contributed by atoms with van der Waals surface area (Å²) >= 11 is 3.18. The largest absolute Gasteiger partial charge is 0.399 e. The summed E-state index contributed by atoms with van der Waals surface area (Å²) in [5.74, 6) is 0. The SMILES string of the molecule is CCN(CCO)S(=O)(=O)c1ccc(N)cc1Br. The maximum atomic E-state index is 12.2. The van der Waals surface area contributed by atoms with Gasteiger partial charge in [0.15, 0.2) is 0 Å². The number of aliphatic hydroxyl groups is 1. The molecule has 17 heavy (non-hydrogen) atoms. The van der Waals surface area contributed by atoms with Crippen LogP contribution in [0, 0.1) is 0 Å². The highest BCUT2D eigenvalue weighted by Crippen LogP contribution is 2.26. The highest BCUT2D eigenvalue weighted by Gasteiger charge is 2.24. The van der Waals surface area contributed by atoms with Gasteiger partial charge in [0.25, 0.3) is 0 Å². The molecule has 0 aromatic heterocycles. The first-order chi connectivity index (χ1) is 7.93. The molecule has 0 spiro atoms. The molecule has 1 aromatic carbocycles. The summed E-state index contributed by atoms with van der Waals surface area (Å²) in [6.45, 7) is 1.90. The first-order valence-electron chi connectivity index (χ1n) is 5.09. The smallest absolute Gasteiger partial charge is 0.244 e. The number of rotatable bonds is 5. The van der Waals surface area contributed by atoms with E-state index in [-0.39, 0.29) is 18.0 Å². The molecule has 0 radical (unpaired) electrons. The van der Waals surface area contributed by atoms with Crippen LogP contribution in [0.15, 0.2) is 27.6 Å². The van der Waals surface area contributed by atoms with E-state index in [1.54, 1.807) is 13.0 Å². The summed E-state index contributed by atoms with van der Waals surface area (Å²) in [6, 6.07) is 4.53. The molecule has 0 amide bonds. The molecule has 0 saturated heterocycles. The lowest BCUT2D eigenvalue weighted by atomic mass is 10.3. The van der Waals surface area contributed by atoms with Crippen LogP contribution in [0.2, 0.25) is 0 Å². The minimum atomic E-state index is -3.59. The summed E-state index contributed by atoms with van der Waals surface area (Å²) in [5, 5.41) is 8.85. The molecule has 0 unspecified atom stereocenters. The van der Waals surface area contributed by atoms with Gasteiger partial charge in [0.2, 0.25) is 10.0 Å². The molecule has 5 nitrogen and oxygen atoms in total. The van der Waals surface area contributed by atoms with E-state index in [0.29, 0.717) is 16.7 Å². The fourth-order valence-corrected chi connectivity index (χ4v) is 3.92. The molecule has 1 aromatic rings. The van der Waals surface area contributed by atoms with Gasteiger partial charge in [-0.1, -0.05) is 6.92 Å². The van der Waals surface area contributed by atoms with Crippen molar-refractivity contribution in [3.05, 3.63) is 22.7 Å². The second-order valence-electron chi connectivity index (χ2n) is 3.41. The number of nitrogens with two attached hydrogens (primary N) is 1. The summed E-state index contributed by atoms with van der Waals surface area (Å²) in [5.41, 5.74) is 6.05. The minimum Gasteiger partial charge on any atom is -0.399 e. The Kier molecular flexibility index (Phi) is 4.93. The van der Waals surface area contributed by atoms with Gasteiger partial charge in [0.1, 0.15) is 0 Å². The highest BCUT2D eigenvalue weighted by molar-refractivity contribution is 9.10. The maximum Gasteiger partial charge on any atom is 0.244 e. The average molecular weight is 323 g/mol. The molecule has 0 aliphatic carbocycles. The normalized spacial score (nSPS) is 12.0. The van der Waals surface area contributed by atoms with E-state index in [1.807, 2.05) is 0 Å². The third-order valence-corrected chi connectivity index (χ3v) is 5.23. The van der Waals surface area contributed by atoms with Crippen LogP contribution < -0.4 is 5.73 Å². The summed E-state index contributed by atoms with van der Waals surface area (Å²) in [4.78, 5) is 0.155. The molecular weight excluding hydrogens is 308 g/mol. The second kappa shape index (κ2) is 5.81. The lowest BCUT2D eigenvalue weighted by Gasteiger charge is -2.20. The monoisotopic (exact) mass is 322 g/mol. The maximum absolute atomic E-state index is 12.2. The number of nitrogen functional groups attached to an aromatic ring is 1. The number of nitrogens with zero attached hydrogens (tertiary/aromatic N) is 1. The van der Waals surface area contributed by atoms with Crippen LogP contribution in [0.1, 0.15) is 6.92 Å². The molecule has 0 bridgehead atoms. The molecule has 96 valence electrons. The molecule has 0 aliphatic heterocycles. The van der Waals surface area contributed by atoms with Crippen LogP contribution in [0.25, 0.3) is 0 Å². The van der Waals surface area contributed by atoms with E-state index in [2.05, 4.69) is 15.9 Å². The standard InChI is InChI=1S/C10H15BrN2O3S/c1-2-13(5-6-14)17(15,16)10-4-3-8(12)7-9(10)11/h3-4,7,14H,2,5-6,12H2,1H3. The lowest BCUT2D eigenvalue weighted by molar-refractivity contribution is 0.257. The van der Waals surface area contributed by atoms with Gasteiger partial charge in [0, 0.05) is 23.2 Å². The van der Waals surface area contributed by atoms with Crippen molar-refractivity contribution >= 4 is 31.6 Å². The van der Waals surface area contributed by atoms with Crippen molar-refractivity contribution in [2.75, 3.05) is 25.4 Å². The highest BCUT2D eigenvalue weighted by atomic mass is 79.9. The number of aliphatic hydroxyl groups excluding tert-OH is 1. The van der Waals surface area contributed by atoms with E-state index in [9.17, 15) is 8.42 Å². The van der Waals surface area contributed by atoms with Crippen LogP contribution in [0.5, 0.6) is 0 Å². The van der Waals surface area contributed by atoms with Gasteiger partial charge >= 0.3 is 0 Å². The number of hydrogen-bond acceptors (Lipinski definition) is 4. The van der Waals surface area contributed by atoms with Gasteiger partial charge < -0.3 is 10.8 Å². The Hall–Kier alpha value is -0.630. The van der Waals surface area contributed by atoms with Gasteiger partial charge in [-0.25, -0.2) is 8.42 Å². The Labute approximate surface area is 109 Å². The third kappa shape index (κ3) is 3.19. The fourth-order valence-electron chi connectivity index (χ4n) is 1.43. The molecule has 0 fully saturated rings. The van der Waals surface area contributed by atoms with E-state index < -0.39 is 10.0 Å². The molecular formula is C10H15BrN2O3S. The Morgan fingerprint density at radius 3 is 2.59 bits per heavy atom. The van der Waals surface area contributed by atoms with Crippen LogP contribution >= 0.6 is 15.9 Å². The molecule has 3 N–H and O–H groups in total. The van der Waals surface area contributed by atoms with E-state index in [0.717, 1.165) is 0 Å². The number of halogens is 1. The second-order valence-corrected chi connectivity index (χ2v) is 6.17. The lowest BCUT2D eigenvalue weighted by Crippen LogP contribution is -2.33. The topological polar surface area (TPSA) is 83.6 Å². The number of sulfonamides is 1. The zero-order valence-corrected chi connectivity index (χ0v) is 11.8. The van der Waals surface area contributed by atoms with Crippen molar-refractivity contribution in [1.82, 2.24) is 4.31 Å². The number of hydrogen-bond donors (Lipinski definition) is 2. The number of likely N-dealkylation sites (N-methyl/N-ethyl adjacent to an activating group) is 1. The van der Waals surface area contributed by atoms with E-state index in [4.69, 9.17) is 10.8 Å². The van der Waals surface area contributed by atoms with E-state index >= 15 is 0 Å². The molecule has 1 rings (SSSR count). The zero-order valence-electron chi connectivity index (χ0n) is 9.43. The predicted molar refractivity (Wildman–Crippen MR) is 70.1 cm³/mol. The molecule has 0 aliphatic rings. The predicted octanol–water partition coefficient (Wildman–Crippen LogP) is 1.03. The average Bonchev–Trinajstić information content (AvgIpc) is 2.24. The molecule has 0 atom stereocenters. The van der Waals surface area contributed by atoms with Crippen LogP contribution in [-0.2, 0) is 10.0 Å². The molecule has 0 saturated carbocycles. The van der Waals surface area contributed by atoms with Crippen LogP contribution in [-0.4, -0.2) is 37.5 Å². The van der Waals surface area contributed by atoms with Crippen molar-refractivity contribution in [3.8, 4) is 0 Å². The van der Waals surface area contributed by atoms with E-state index in [1.165, 1.54) is 16.4 Å². The van der Waals surface area contributed by atoms with Crippen LogP contribution in [0.3, 0.4) is 0 Å². The first kappa shape index (κ1) is 14.4.